The molecule has 1 fully saturated rings. The lowest BCUT2D eigenvalue weighted by atomic mass is 10.3. The minimum atomic E-state index is -0.350. The Bertz CT molecular complexity index is 834. The van der Waals surface area contributed by atoms with Crippen LogP contribution in [0.15, 0.2) is 46.7 Å². The van der Waals surface area contributed by atoms with E-state index in [1.807, 2.05) is 17.5 Å². The van der Waals surface area contributed by atoms with Crippen LogP contribution in [0.5, 0.6) is 0 Å². The highest BCUT2D eigenvalue weighted by molar-refractivity contribution is 8.26. The maximum atomic E-state index is 12.4. The van der Waals surface area contributed by atoms with Gasteiger partial charge in [-0.2, -0.15) is 0 Å². The van der Waals surface area contributed by atoms with Crippen molar-refractivity contribution in [1.29, 1.82) is 0 Å². The highest BCUT2D eigenvalue weighted by atomic mass is 35.5. The number of rotatable bonds is 4. The molecule has 8 heteroatoms. The number of para-hydroxylation sites is 1. The summed E-state index contributed by atoms with van der Waals surface area (Å²) in [5.74, 6) is -0.607. The zero-order chi connectivity index (χ0) is 17.1. The number of hydrogen-bond donors (Lipinski definition) is 1. The molecule has 0 spiro atoms. The van der Waals surface area contributed by atoms with Gasteiger partial charge in [-0.15, -0.1) is 11.3 Å². The Morgan fingerprint density at radius 3 is 2.79 bits per heavy atom. The van der Waals surface area contributed by atoms with Gasteiger partial charge in [0.05, 0.1) is 15.6 Å². The predicted octanol–water partition coefficient (Wildman–Crippen LogP) is 4.24. The lowest BCUT2D eigenvalue weighted by molar-refractivity contribution is -0.126. The average Bonchev–Trinajstić information content (AvgIpc) is 3.14. The van der Waals surface area contributed by atoms with Crippen LogP contribution in [0.2, 0.25) is 5.02 Å². The number of nitrogens with zero attached hydrogens (tertiary/aromatic N) is 1. The monoisotopic (exact) mass is 394 g/mol. The molecule has 4 nitrogen and oxygen atoms in total. The summed E-state index contributed by atoms with van der Waals surface area (Å²) in [5.41, 5.74) is 0.503. The van der Waals surface area contributed by atoms with Crippen LogP contribution in [-0.2, 0) is 9.59 Å². The summed E-state index contributed by atoms with van der Waals surface area (Å²) in [6.07, 6.45) is 1.79. The highest BCUT2D eigenvalue weighted by Crippen LogP contribution is 2.33. The Kier molecular flexibility index (Phi) is 5.35. The number of nitrogens with one attached hydrogen (secondary N) is 1. The fourth-order valence-electron chi connectivity index (χ4n) is 2.03. The topological polar surface area (TPSA) is 49.4 Å². The molecule has 1 N–H and O–H groups in total. The highest BCUT2D eigenvalue weighted by Gasteiger charge is 2.33. The summed E-state index contributed by atoms with van der Waals surface area (Å²) in [6.45, 7) is -0.141. The molecule has 3 rings (SSSR count). The normalized spacial score (nSPS) is 16.0. The van der Waals surface area contributed by atoms with Crippen LogP contribution in [-0.4, -0.2) is 27.6 Å². The molecule has 0 saturated carbocycles. The van der Waals surface area contributed by atoms with Gasteiger partial charge in [-0.3, -0.25) is 14.5 Å². The Morgan fingerprint density at radius 1 is 1.29 bits per heavy atom. The molecule has 0 radical (unpaired) electrons. The second-order valence-electron chi connectivity index (χ2n) is 4.81. The van der Waals surface area contributed by atoms with Crippen molar-refractivity contribution < 1.29 is 9.59 Å². The summed E-state index contributed by atoms with van der Waals surface area (Å²) < 4.78 is 0.372. The number of amides is 2. The van der Waals surface area contributed by atoms with Gasteiger partial charge in [0.2, 0.25) is 5.91 Å². The molecule has 2 aromatic rings. The first-order chi connectivity index (χ1) is 11.5. The molecule has 1 aromatic carbocycles. The van der Waals surface area contributed by atoms with E-state index in [1.54, 1.807) is 30.3 Å². The molecule has 1 saturated heterocycles. The first-order valence-corrected chi connectivity index (χ1v) is 9.36. The maximum Gasteiger partial charge on any atom is 0.266 e. The van der Waals surface area contributed by atoms with Crippen LogP contribution in [0, 0.1) is 0 Å². The molecular weight excluding hydrogens is 384 g/mol. The number of thiophene rings is 1. The lowest BCUT2D eigenvalue weighted by Crippen LogP contribution is -2.36. The molecule has 2 amide bonds. The van der Waals surface area contributed by atoms with E-state index in [9.17, 15) is 9.59 Å². The molecule has 122 valence electrons. The van der Waals surface area contributed by atoms with Crippen molar-refractivity contribution in [3.8, 4) is 0 Å². The first kappa shape index (κ1) is 17.2. The Labute approximate surface area is 157 Å². The Balaban J connectivity index is 1.69. The van der Waals surface area contributed by atoms with E-state index in [-0.39, 0.29) is 18.4 Å². The van der Waals surface area contributed by atoms with E-state index < -0.39 is 0 Å². The van der Waals surface area contributed by atoms with Crippen LogP contribution >= 0.6 is 46.9 Å². The number of anilines is 1. The molecule has 1 aliphatic rings. The van der Waals surface area contributed by atoms with E-state index in [0.29, 0.717) is 19.9 Å². The second kappa shape index (κ2) is 7.48. The summed E-state index contributed by atoms with van der Waals surface area (Å²) in [5, 5.41) is 5.06. The van der Waals surface area contributed by atoms with Gasteiger partial charge < -0.3 is 5.32 Å². The standard InChI is InChI=1S/C16H11ClN2O2S3/c17-11-5-1-2-6-12(11)18-14(20)9-19-15(21)13(24-16(19)22)8-10-4-3-7-23-10/h1-8H,9H2,(H,18,20). The molecule has 24 heavy (non-hydrogen) atoms. The Morgan fingerprint density at radius 2 is 2.08 bits per heavy atom. The second-order valence-corrected chi connectivity index (χ2v) is 7.87. The largest absolute Gasteiger partial charge is 0.323 e. The van der Waals surface area contributed by atoms with Crippen molar-refractivity contribution in [2.45, 2.75) is 0 Å². The SMILES string of the molecule is O=C(CN1C(=O)C(=Cc2cccs2)SC1=S)Nc1ccccc1Cl. The van der Waals surface area contributed by atoms with Gasteiger partial charge in [-0.25, -0.2) is 0 Å². The van der Waals surface area contributed by atoms with E-state index in [0.717, 1.165) is 4.88 Å². The number of halogens is 1. The number of hydrogen-bond acceptors (Lipinski definition) is 5. The number of carbonyl (C=O) groups is 2. The zero-order valence-corrected chi connectivity index (χ0v) is 15.4. The van der Waals surface area contributed by atoms with Gasteiger partial charge >= 0.3 is 0 Å². The average molecular weight is 395 g/mol. The minimum absolute atomic E-state index is 0.141. The van der Waals surface area contributed by atoms with Crippen molar-refractivity contribution >= 4 is 74.8 Å². The fraction of sp³-hybridized carbons (Fsp3) is 0.0625. The van der Waals surface area contributed by atoms with Gasteiger partial charge in [0.15, 0.2) is 0 Å². The summed E-state index contributed by atoms with van der Waals surface area (Å²) in [4.78, 5) is 27.4. The van der Waals surface area contributed by atoms with Crippen LogP contribution in [0.25, 0.3) is 6.08 Å². The quantitative estimate of drug-likeness (QED) is 0.622. The van der Waals surface area contributed by atoms with Gasteiger partial charge in [-0.1, -0.05) is 53.8 Å². The van der Waals surface area contributed by atoms with Gasteiger partial charge in [-0.05, 0) is 29.7 Å². The smallest absolute Gasteiger partial charge is 0.266 e. The number of thiocarbonyl (C=S) groups is 1. The minimum Gasteiger partial charge on any atom is -0.323 e. The number of carbonyl (C=O) groups excluding carboxylic acids is 2. The molecule has 0 atom stereocenters. The number of thioether (sulfide) groups is 1. The summed E-state index contributed by atoms with van der Waals surface area (Å²) in [6, 6.07) is 10.7. The van der Waals surface area contributed by atoms with E-state index in [2.05, 4.69) is 5.32 Å². The van der Waals surface area contributed by atoms with Crippen molar-refractivity contribution in [3.63, 3.8) is 0 Å². The fourth-order valence-corrected chi connectivity index (χ4v) is 4.20. The molecule has 0 unspecified atom stereocenters. The molecule has 1 aromatic heterocycles. The van der Waals surface area contributed by atoms with Crippen LogP contribution in [0.1, 0.15) is 4.88 Å². The van der Waals surface area contributed by atoms with Crippen molar-refractivity contribution in [3.05, 3.63) is 56.6 Å². The van der Waals surface area contributed by atoms with Crippen molar-refractivity contribution in [1.82, 2.24) is 4.90 Å². The molecule has 0 bridgehead atoms. The summed E-state index contributed by atoms with van der Waals surface area (Å²) in [7, 11) is 0. The predicted molar refractivity (Wildman–Crippen MR) is 104 cm³/mol. The lowest BCUT2D eigenvalue weighted by Gasteiger charge is -2.14. The molecule has 0 aliphatic carbocycles. The third-order valence-electron chi connectivity index (χ3n) is 3.14. The molecule has 2 heterocycles. The zero-order valence-electron chi connectivity index (χ0n) is 12.2. The van der Waals surface area contributed by atoms with E-state index >= 15 is 0 Å². The first-order valence-electron chi connectivity index (χ1n) is 6.88. The van der Waals surface area contributed by atoms with Crippen LogP contribution < -0.4 is 5.32 Å². The van der Waals surface area contributed by atoms with Crippen molar-refractivity contribution in [2.75, 3.05) is 11.9 Å². The third-order valence-corrected chi connectivity index (χ3v) is 5.67. The maximum absolute atomic E-state index is 12.4. The Hall–Kier alpha value is -1.67. The van der Waals surface area contributed by atoms with Gasteiger partial charge in [0.25, 0.3) is 5.91 Å². The number of benzene rings is 1. The summed E-state index contributed by atoms with van der Waals surface area (Å²) >= 11 is 14.0. The van der Waals surface area contributed by atoms with Crippen LogP contribution in [0.4, 0.5) is 5.69 Å². The molecule has 1 aliphatic heterocycles. The molecular formula is C16H11ClN2O2S3. The van der Waals surface area contributed by atoms with E-state index in [4.69, 9.17) is 23.8 Å². The third kappa shape index (κ3) is 3.87. The van der Waals surface area contributed by atoms with E-state index in [1.165, 1.54) is 28.0 Å². The van der Waals surface area contributed by atoms with Gasteiger partial charge in [0, 0.05) is 4.88 Å². The van der Waals surface area contributed by atoms with Crippen molar-refractivity contribution in [2.24, 2.45) is 0 Å². The van der Waals surface area contributed by atoms with Gasteiger partial charge in [0.1, 0.15) is 10.9 Å². The van der Waals surface area contributed by atoms with Crippen LogP contribution in [0.3, 0.4) is 0 Å².